The van der Waals surface area contributed by atoms with E-state index >= 15 is 0 Å². The van der Waals surface area contributed by atoms with Gasteiger partial charge in [0.15, 0.2) is 0 Å². The van der Waals surface area contributed by atoms with Crippen molar-refractivity contribution in [1.82, 2.24) is 0 Å². The van der Waals surface area contributed by atoms with Gasteiger partial charge in [0.25, 0.3) is 0 Å². The summed E-state index contributed by atoms with van der Waals surface area (Å²) in [6, 6.07) is 3.65. The molecule has 0 radical (unpaired) electrons. The lowest BCUT2D eigenvalue weighted by molar-refractivity contribution is -0.199. The van der Waals surface area contributed by atoms with Crippen molar-refractivity contribution in [3.63, 3.8) is 0 Å². The van der Waals surface area contributed by atoms with Crippen molar-refractivity contribution in [2.45, 2.75) is 83.1 Å². The Hall–Kier alpha value is -1.80. The zero-order chi connectivity index (χ0) is 23.3. The van der Waals surface area contributed by atoms with Gasteiger partial charge in [-0.25, -0.2) is 9.18 Å². The Bertz CT molecular complexity index is 1010. The molecule has 5 fully saturated rings. The Balaban J connectivity index is 1.27. The summed E-state index contributed by atoms with van der Waals surface area (Å²) in [6.45, 7) is 9.60. The molecule has 1 saturated heterocycles. The zero-order valence-electron chi connectivity index (χ0n) is 20.0. The standard InChI is InChI=1S/C25H32BFO6/c1-23(2)13-10-18(23)25(5)19(11-13)32-26(33-25)16-12-15(16)14-6-7-17(29-9-8-27)20-21(14)30-24(3,4)31-22(20)28/h6-7,13,15-16,18-19H,8-12H2,1-5H3. The summed E-state index contributed by atoms with van der Waals surface area (Å²) in [5.74, 6) is 0.771. The maximum absolute atomic E-state index is 12.8. The quantitative estimate of drug-likeness (QED) is 0.462. The van der Waals surface area contributed by atoms with E-state index in [2.05, 4.69) is 20.8 Å². The average molecular weight is 458 g/mol. The third kappa shape index (κ3) is 3.09. The van der Waals surface area contributed by atoms with Gasteiger partial charge in [0.1, 0.15) is 30.3 Å². The van der Waals surface area contributed by atoms with Gasteiger partial charge in [-0.3, -0.25) is 0 Å². The van der Waals surface area contributed by atoms with Crippen LogP contribution in [0.1, 0.15) is 75.7 Å². The predicted octanol–water partition coefficient (Wildman–Crippen LogP) is 4.91. The molecular weight excluding hydrogens is 426 g/mol. The molecule has 6 nitrogen and oxygen atoms in total. The van der Waals surface area contributed by atoms with Crippen molar-refractivity contribution in [2.24, 2.45) is 17.3 Å². The van der Waals surface area contributed by atoms with E-state index in [1.807, 2.05) is 6.07 Å². The van der Waals surface area contributed by atoms with Crippen molar-refractivity contribution >= 4 is 13.1 Å². The maximum Gasteiger partial charge on any atom is 0.461 e. The third-order valence-electron chi connectivity index (χ3n) is 8.93. The summed E-state index contributed by atoms with van der Waals surface area (Å²) in [6.07, 6.45) is 3.34. The molecule has 1 aromatic rings. The van der Waals surface area contributed by atoms with Crippen LogP contribution in [0.25, 0.3) is 0 Å². The molecule has 0 spiro atoms. The van der Waals surface area contributed by atoms with Crippen LogP contribution < -0.4 is 9.47 Å². The first-order valence-electron chi connectivity index (χ1n) is 12.2. The fourth-order valence-electron chi connectivity index (χ4n) is 6.94. The summed E-state index contributed by atoms with van der Waals surface area (Å²) in [5.41, 5.74) is 1.24. The predicted molar refractivity (Wildman–Crippen MR) is 119 cm³/mol. The molecule has 33 heavy (non-hydrogen) atoms. The molecule has 6 atom stereocenters. The van der Waals surface area contributed by atoms with Crippen molar-refractivity contribution in [2.75, 3.05) is 13.3 Å². The lowest BCUT2D eigenvalue weighted by Crippen LogP contribution is -2.65. The van der Waals surface area contributed by atoms with Crippen LogP contribution in [0, 0.1) is 17.3 Å². The first-order valence-corrected chi connectivity index (χ1v) is 12.2. The van der Waals surface area contributed by atoms with Gasteiger partial charge in [0, 0.05) is 19.7 Å². The number of ether oxygens (including phenoxy) is 3. The number of cyclic esters (lactones) is 1. The van der Waals surface area contributed by atoms with Gasteiger partial charge in [0.2, 0.25) is 5.79 Å². The minimum atomic E-state index is -1.09. The molecule has 1 aromatic carbocycles. The molecule has 2 heterocycles. The van der Waals surface area contributed by atoms with E-state index in [0.29, 0.717) is 23.0 Å². The van der Waals surface area contributed by atoms with Crippen molar-refractivity contribution in [3.8, 4) is 11.5 Å². The summed E-state index contributed by atoms with van der Waals surface area (Å²) < 4.78 is 42.9. The maximum atomic E-state index is 12.8. The second-order valence-corrected chi connectivity index (χ2v) is 11.6. The highest BCUT2D eigenvalue weighted by Gasteiger charge is 2.70. The molecule has 0 N–H and O–H groups in total. The largest absolute Gasteiger partial charge is 0.490 e. The fraction of sp³-hybridized carbons (Fsp3) is 0.720. The Morgan fingerprint density at radius 2 is 1.91 bits per heavy atom. The SMILES string of the molecule is CC1(C)OC(=O)c2c(OCCF)ccc(C3CC3B3OC4CC5CC(C5(C)C)C4(C)O3)c2O1. The summed E-state index contributed by atoms with van der Waals surface area (Å²) in [7, 11) is -0.248. The minimum Gasteiger partial charge on any atom is -0.490 e. The Morgan fingerprint density at radius 3 is 2.64 bits per heavy atom. The van der Waals surface area contributed by atoms with Crippen molar-refractivity contribution < 1.29 is 32.7 Å². The smallest absolute Gasteiger partial charge is 0.461 e. The van der Waals surface area contributed by atoms with Crippen molar-refractivity contribution in [3.05, 3.63) is 23.3 Å². The fourth-order valence-corrected chi connectivity index (χ4v) is 6.94. The van der Waals surface area contributed by atoms with Crippen LogP contribution in [0.3, 0.4) is 0 Å². The first-order chi connectivity index (χ1) is 15.5. The Kier molecular flexibility index (Phi) is 4.53. The number of halogens is 1. The van der Waals surface area contributed by atoms with Crippen LogP contribution in [-0.4, -0.2) is 43.9 Å². The van der Waals surface area contributed by atoms with E-state index in [1.165, 1.54) is 6.42 Å². The Morgan fingerprint density at radius 1 is 1.12 bits per heavy atom. The number of alkyl halides is 1. The van der Waals surface area contributed by atoms with E-state index < -0.39 is 18.4 Å². The number of carbonyl (C=O) groups is 1. The first kappa shape index (κ1) is 21.7. The second-order valence-electron chi connectivity index (χ2n) is 11.6. The molecule has 2 aliphatic heterocycles. The van der Waals surface area contributed by atoms with Gasteiger partial charge < -0.3 is 23.5 Å². The zero-order valence-corrected chi connectivity index (χ0v) is 20.0. The van der Waals surface area contributed by atoms with E-state index in [9.17, 15) is 9.18 Å². The molecular formula is C25H32BFO6. The van der Waals surface area contributed by atoms with Crippen LogP contribution in [-0.2, 0) is 14.0 Å². The molecule has 7 rings (SSSR count). The summed E-state index contributed by atoms with van der Waals surface area (Å²) >= 11 is 0. The molecule has 4 aliphatic carbocycles. The molecule has 0 aromatic heterocycles. The molecule has 2 bridgehead atoms. The van der Waals surface area contributed by atoms with Gasteiger partial charge in [0.05, 0.1) is 11.7 Å². The summed E-state index contributed by atoms with van der Waals surface area (Å²) in [4.78, 5) is 12.8. The lowest BCUT2D eigenvalue weighted by Gasteiger charge is -2.64. The minimum absolute atomic E-state index is 0.128. The molecule has 178 valence electrons. The van der Waals surface area contributed by atoms with Gasteiger partial charge in [-0.05, 0) is 61.0 Å². The Labute approximate surface area is 194 Å². The summed E-state index contributed by atoms with van der Waals surface area (Å²) in [5, 5.41) is 0. The number of esters is 1. The van der Waals surface area contributed by atoms with E-state index in [1.54, 1.807) is 19.9 Å². The number of hydrogen-bond donors (Lipinski definition) is 0. The van der Waals surface area contributed by atoms with Crippen LogP contribution in [0.15, 0.2) is 12.1 Å². The number of carbonyl (C=O) groups excluding carboxylic acids is 1. The van der Waals surface area contributed by atoms with E-state index in [4.69, 9.17) is 23.5 Å². The van der Waals surface area contributed by atoms with Gasteiger partial charge in [-0.2, -0.15) is 0 Å². The van der Waals surface area contributed by atoms with E-state index in [-0.39, 0.29) is 48.5 Å². The van der Waals surface area contributed by atoms with Gasteiger partial charge in [-0.1, -0.05) is 19.9 Å². The highest BCUT2D eigenvalue weighted by molar-refractivity contribution is 6.49. The van der Waals surface area contributed by atoms with Crippen LogP contribution in [0.4, 0.5) is 4.39 Å². The highest BCUT2D eigenvalue weighted by atomic mass is 19.1. The number of rotatable bonds is 5. The van der Waals surface area contributed by atoms with Gasteiger partial charge in [-0.15, -0.1) is 0 Å². The topological polar surface area (TPSA) is 63.2 Å². The van der Waals surface area contributed by atoms with Crippen LogP contribution in [0.5, 0.6) is 11.5 Å². The lowest BCUT2D eigenvalue weighted by atomic mass is 9.43. The second kappa shape index (κ2) is 6.88. The molecule has 6 aliphatic rings. The molecule has 8 heteroatoms. The van der Waals surface area contributed by atoms with Crippen LogP contribution >= 0.6 is 0 Å². The highest BCUT2D eigenvalue weighted by Crippen LogP contribution is 2.68. The monoisotopic (exact) mass is 458 g/mol. The number of hydrogen-bond acceptors (Lipinski definition) is 6. The number of benzene rings is 1. The van der Waals surface area contributed by atoms with Gasteiger partial charge >= 0.3 is 13.1 Å². The number of fused-ring (bicyclic) bond motifs is 1. The average Bonchev–Trinajstić information content (AvgIpc) is 3.43. The third-order valence-corrected chi connectivity index (χ3v) is 8.93. The molecule has 6 unspecified atom stereocenters. The molecule has 4 saturated carbocycles. The normalized spacial score (nSPS) is 39.0. The van der Waals surface area contributed by atoms with Crippen LogP contribution in [0.2, 0.25) is 5.82 Å². The van der Waals surface area contributed by atoms with E-state index in [0.717, 1.165) is 18.4 Å². The van der Waals surface area contributed by atoms with Crippen molar-refractivity contribution in [1.29, 1.82) is 0 Å². The molecule has 0 amide bonds.